The molecule has 40 heavy (non-hydrogen) atoms. The molecule has 1 fully saturated rings. The van der Waals surface area contributed by atoms with Gasteiger partial charge in [-0.25, -0.2) is 9.37 Å². The van der Waals surface area contributed by atoms with Gasteiger partial charge in [-0.05, 0) is 68.7 Å². The summed E-state index contributed by atoms with van der Waals surface area (Å²) in [5.41, 5.74) is 1.39. The molecule has 2 amide bonds. The van der Waals surface area contributed by atoms with Gasteiger partial charge >= 0.3 is 6.18 Å². The number of benzene rings is 2. The Labute approximate surface area is 235 Å². The third-order valence-electron chi connectivity index (χ3n) is 6.90. The molecule has 0 saturated carbocycles. The van der Waals surface area contributed by atoms with Crippen LogP contribution in [0, 0.1) is 13.8 Å². The lowest BCUT2D eigenvalue weighted by molar-refractivity contribution is -0.141. The number of pyridine rings is 1. The lowest BCUT2D eigenvalue weighted by Crippen LogP contribution is -2.32. The Morgan fingerprint density at radius 2 is 1.82 bits per heavy atom. The van der Waals surface area contributed by atoms with E-state index in [1.54, 1.807) is 54.9 Å². The number of rotatable bonds is 5. The van der Waals surface area contributed by atoms with Crippen molar-refractivity contribution < 1.29 is 27.2 Å². The van der Waals surface area contributed by atoms with E-state index in [1.807, 2.05) is 0 Å². The Kier molecular flexibility index (Phi) is 7.38. The third kappa shape index (κ3) is 5.45. The number of aromatic nitrogens is 3. The summed E-state index contributed by atoms with van der Waals surface area (Å²) in [5.74, 6) is -1.07. The van der Waals surface area contributed by atoms with E-state index in [1.165, 1.54) is 11.0 Å². The summed E-state index contributed by atoms with van der Waals surface area (Å²) in [6.07, 6.45) is -5.00. The van der Waals surface area contributed by atoms with E-state index >= 15 is 0 Å². The molecule has 4 aromatic rings. The van der Waals surface area contributed by atoms with E-state index in [-0.39, 0.29) is 22.4 Å². The van der Waals surface area contributed by atoms with Crippen LogP contribution in [0.2, 0.25) is 0 Å². The second-order valence-electron chi connectivity index (χ2n) is 9.64. The molecule has 1 atom stereocenters. The maximum atomic E-state index is 13.9. The second-order valence-corrected chi connectivity index (χ2v) is 10.6. The van der Waals surface area contributed by atoms with Gasteiger partial charge in [-0.15, -0.1) is 0 Å². The standard InChI is InChI=1S/C28H24BrF4N5O2/c1-15-25(35-26(39)21-13-23(28(31,32)33)34-22-10-9-19(29)12-20(21)22)16(2)38(36-15)14-17-5-7-18(8-6-17)27(40)37-11-3-4-24(37)30/h5-10,12-13,24H,3-4,11,14H2,1-2H3,(H,35,39)/t24-/m1/s1. The highest BCUT2D eigenvalue weighted by Crippen LogP contribution is 2.33. The van der Waals surface area contributed by atoms with E-state index in [0.717, 1.165) is 11.6 Å². The molecule has 3 heterocycles. The Hall–Kier alpha value is -3.80. The number of carbonyl (C=O) groups is 2. The topological polar surface area (TPSA) is 80.1 Å². The van der Waals surface area contributed by atoms with Gasteiger partial charge in [0.2, 0.25) is 0 Å². The summed E-state index contributed by atoms with van der Waals surface area (Å²) in [4.78, 5) is 30.8. The molecule has 1 saturated heterocycles. The Morgan fingerprint density at radius 3 is 2.48 bits per heavy atom. The van der Waals surface area contributed by atoms with Crippen molar-refractivity contribution in [1.82, 2.24) is 19.7 Å². The maximum absolute atomic E-state index is 13.9. The number of hydrogen-bond donors (Lipinski definition) is 1. The predicted octanol–water partition coefficient (Wildman–Crippen LogP) is 6.66. The van der Waals surface area contributed by atoms with Gasteiger partial charge in [0, 0.05) is 22.0 Å². The van der Waals surface area contributed by atoms with E-state index in [0.29, 0.717) is 53.0 Å². The molecule has 2 aromatic heterocycles. The fourth-order valence-electron chi connectivity index (χ4n) is 4.79. The zero-order chi connectivity index (χ0) is 28.8. The largest absolute Gasteiger partial charge is 0.433 e. The van der Waals surface area contributed by atoms with Crippen LogP contribution >= 0.6 is 15.9 Å². The van der Waals surface area contributed by atoms with E-state index < -0.39 is 24.1 Å². The maximum Gasteiger partial charge on any atom is 0.433 e. The monoisotopic (exact) mass is 617 g/mol. The SMILES string of the molecule is Cc1nn(Cc2ccc(C(=O)N3CCC[C@@H]3F)cc2)c(C)c1NC(=O)c1cc(C(F)(F)F)nc2ccc(Br)cc12. The number of halogens is 5. The average Bonchev–Trinajstić information content (AvgIpc) is 3.45. The number of fused-ring (bicyclic) bond motifs is 1. The molecule has 0 spiro atoms. The summed E-state index contributed by atoms with van der Waals surface area (Å²) in [6.45, 7) is 4.14. The van der Waals surface area contributed by atoms with Crippen LogP contribution < -0.4 is 5.32 Å². The number of aryl methyl sites for hydroxylation is 1. The molecule has 208 valence electrons. The average molecular weight is 618 g/mol. The van der Waals surface area contributed by atoms with Gasteiger partial charge in [-0.2, -0.15) is 18.3 Å². The lowest BCUT2D eigenvalue weighted by atomic mass is 10.1. The first kappa shape index (κ1) is 27.8. The van der Waals surface area contributed by atoms with Gasteiger partial charge in [0.05, 0.1) is 34.7 Å². The van der Waals surface area contributed by atoms with Gasteiger partial charge in [-0.3, -0.25) is 14.3 Å². The van der Waals surface area contributed by atoms with Gasteiger partial charge < -0.3 is 10.2 Å². The van der Waals surface area contributed by atoms with Crippen molar-refractivity contribution >= 4 is 44.3 Å². The van der Waals surface area contributed by atoms with Gasteiger partial charge in [0.25, 0.3) is 11.8 Å². The minimum Gasteiger partial charge on any atom is -0.319 e. The van der Waals surface area contributed by atoms with Gasteiger partial charge in [0.15, 0.2) is 6.30 Å². The molecular weight excluding hydrogens is 594 g/mol. The van der Waals surface area contributed by atoms with Crippen molar-refractivity contribution in [3.05, 3.63) is 86.8 Å². The van der Waals surface area contributed by atoms with Crippen molar-refractivity contribution in [3.63, 3.8) is 0 Å². The van der Waals surface area contributed by atoms with Crippen LogP contribution in [-0.2, 0) is 12.7 Å². The molecule has 7 nitrogen and oxygen atoms in total. The van der Waals surface area contributed by atoms with Gasteiger partial charge in [-0.1, -0.05) is 28.1 Å². The highest BCUT2D eigenvalue weighted by Gasteiger charge is 2.34. The summed E-state index contributed by atoms with van der Waals surface area (Å²) in [6, 6.07) is 12.1. The minimum absolute atomic E-state index is 0.0426. The number of likely N-dealkylation sites (tertiary alicyclic amines) is 1. The number of nitrogens with zero attached hydrogens (tertiary/aromatic N) is 4. The zero-order valence-electron chi connectivity index (χ0n) is 21.5. The van der Waals surface area contributed by atoms with Crippen LogP contribution in [0.1, 0.15) is 56.2 Å². The highest BCUT2D eigenvalue weighted by molar-refractivity contribution is 9.10. The number of alkyl halides is 4. The summed E-state index contributed by atoms with van der Waals surface area (Å²) in [7, 11) is 0. The molecule has 0 radical (unpaired) electrons. The normalized spacial score (nSPS) is 15.6. The molecule has 0 unspecified atom stereocenters. The fourth-order valence-corrected chi connectivity index (χ4v) is 5.15. The Bertz CT molecular complexity index is 1620. The molecule has 0 bridgehead atoms. The van der Waals surface area contributed by atoms with E-state index in [2.05, 4.69) is 31.3 Å². The molecule has 1 N–H and O–H groups in total. The predicted molar refractivity (Wildman–Crippen MR) is 145 cm³/mol. The number of anilines is 1. The first-order valence-corrected chi connectivity index (χ1v) is 13.3. The van der Waals surface area contributed by atoms with Crippen molar-refractivity contribution in [1.29, 1.82) is 0 Å². The first-order valence-electron chi connectivity index (χ1n) is 12.5. The summed E-state index contributed by atoms with van der Waals surface area (Å²) in [5, 5.41) is 7.49. The number of hydrogen-bond acceptors (Lipinski definition) is 4. The van der Waals surface area contributed by atoms with Crippen LogP contribution in [0.4, 0.5) is 23.2 Å². The molecule has 1 aliphatic heterocycles. The van der Waals surface area contributed by atoms with Crippen molar-refractivity contribution in [2.75, 3.05) is 11.9 Å². The van der Waals surface area contributed by atoms with Crippen LogP contribution in [-0.4, -0.2) is 44.3 Å². The van der Waals surface area contributed by atoms with E-state index in [4.69, 9.17) is 0 Å². The molecular formula is C28H24BrF4N5O2. The van der Waals surface area contributed by atoms with Crippen molar-refractivity contribution in [2.24, 2.45) is 0 Å². The number of carbonyl (C=O) groups excluding carboxylic acids is 2. The van der Waals surface area contributed by atoms with E-state index in [9.17, 15) is 27.2 Å². The van der Waals surface area contributed by atoms with Crippen molar-refractivity contribution in [3.8, 4) is 0 Å². The van der Waals surface area contributed by atoms with Gasteiger partial charge in [0.1, 0.15) is 5.69 Å². The quantitative estimate of drug-likeness (QED) is 0.201. The van der Waals surface area contributed by atoms with Crippen LogP contribution in [0.15, 0.2) is 53.0 Å². The zero-order valence-corrected chi connectivity index (χ0v) is 23.1. The highest BCUT2D eigenvalue weighted by atomic mass is 79.9. The fraction of sp³-hybridized carbons (Fsp3) is 0.286. The molecule has 1 aliphatic rings. The molecule has 2 aromatic carbocycles. The number of amides is 2. The summed E-state index contributed by atoms with van der Waals surface area (Å²) < 4.78 is 56.7. The van der Waals surface area contributed by atoms with Crippen LogP contribution in [0.5, 0.6) is 0 Å². The minimum atomic E-state index is -4.73. The summed E-state index contributed by atoms with van der Waals surface area (Å²) >= 11 is 3.30. The third-order valence-corrected chi connectivity index (χ3v) is 7.39. The van der Waals surface area contributed by atoms with Crippen molar-refractivity contribution in [2.45, 2.75) is 45.7 Å². The Morgan fingerprint density at radius 1 is 1.10 bits per heavy atom. The van der Waals surface area contributed by atoms with Crippen LogP contribution in [0.25, 0.3) is 10.9 Å². The molecule has 5 rings (SSSR count). The van der Waals surface area contributed by atoms with Crippen LogP contribution in [0.3, 0.4) is 0 Å². The molecule has 12 heteroatoms. The lowest BCUT2D eigenvalue weighted by Gasteiger charge is -2.18. The Balaban J connectivity index is 1.38. The second kappa shape index (κ2) is 10.6. The molecule has 0 aliphatic carbocycles. The smallest absolute Gasteiger partial charge is 0.319 e. The first-order chi connectivity index (χ1) is 18.9. The number of nitrogens with one attached hydrogen (secondary N) is 1.